The van der Waals surface area contributed by atoms with Gasteiger partial charge in [0.15, 0.2) is 6.10 Å². The van der Waals surface area contributed by atoms with Gasteiger partial charge in [-0.3, -0.25) is 14.4 Å². The molecule has 0 aromatic carbocycles. The van der Waals surface area contributed by atoms with Crippen molar-refractivity contribution in [3.8, 4) is 0 Å². The van der Waals surface area contributed by atoms with Gasteiger partial charge in [-0.15, -0.1) is 0 Å². The molecule has 1 unspecified atom stereocenters. The minimum atomic E-state index is -0.793. The fourth-order valence-corrected chi connectivity index (χ4v) is 9.70. The lowest BCUT2D eigenvalue weighted by molar-refractivity contribution is -0.167. The summed E-state index contributed by atoms with van der Waals surface area (Å²) < 4.78 is 16.9. The van der Waals surface area contributed by atoms with Gasteiger partial charge in [-0.05, 0) is 103 Å². The molecule has 81 heavy (non-hydrogen) atoms. The topological polar surface area (TPSA) is 78.9 Å². The summed E-state index contributed by atoms with van der Waals surface area (Å²) in [5.41, 5.74) is 0. The first kappa shape index (κ1) is 77.1. The first-order valence-electron chi connectivity index (χ1n) is 34.4. The van der Waals surface area contributed by atoms with Crippen LogP contribution in [0.3, 0.4) is 0 Å². The molecular formula is C75H128O6. The molecule has 0 aromatic rings. The van der Waals surface area contributed by atoms with Gasteiger partial charge in [0.05, 0.1) is 0 Å². The van der Waals surface area contributed by atoms with E-state index in [1.54, 1.807) is 0 Å². The highest BCUT2D eigenvalue weighted by Gasteiger charge is 2.19. The lowest BCUT2D eigenvalue weighted by Crippen LogP contribution is -2.30. The Morgan fingerprint density at radius 1 is 0.259 bits per heavy atom. The van der Waals surface area contributed by atoms with Crippen molar-refractivity contribution in [2.75, 3.05) is 13.2 Å². The van der Waals surface area contributed by atoms with Crippen LogP contribution >= 0.6 is 0 Å². The molecule has 0 bridgehead atoms. The van der Waals surface area contributed by atoms with Gasteiger partial charge in [-0.2, -0.15) is 0 Å². The molecular weight excluding hydrogens is 997 g/mol. The summed E-state index contributed by atoms with van der Waals surface area (Å²) >= 11 is 0. The molecule has 0 radical (unpaired) electrons. The van der Waals surface area contributed by atoms with Crippen LogP contribution in [-0.2, 0) is 28.6 Å². The third-order valence-corrected chi connectivity index (χ3v) is 14.8. The minimum absolute atomic E-state index is 0.0875. The highest BCUT2D eigenvalue weighted by molar-refractivity contribution is 5.71. The number of esters is 3. The Morgan fingerprint density at radius 3 is 0.765 bits per heavy atom. The average molecular weight is 1130 g/mol. The van der Waals surface area contributed by atoms with Crippen LogP contribution in [0.2, 0.25) is 0 Å². The number of hydrogen-bond donors (Lipinski definition) is 0. The Balaban J connectivity index is 4.08. The summed E-state index contributed by atoms with van der Waals surface area (Å²) in [5.74, 6) is -0.911. The smallest absolute Gasteiger partial charge is 0.306 e. The van der Waals surface area contributed by atoms with E-state index in [4.69, 9.17) is 14.2 Å². The van der Waals surface area contributed by atoms with Crippen molar-refractivity contribution in [2.45, 2.75) is 335 Å². The molecule has 0 heterocycles. The molecule has 6 heteroatoms. The molecule has 0 aromatic heterocycles. The quantitative estimate of drug-likeness (QED) is 0.0261. The van der Waals surface area contributed by atoms with Crippen molar-refractivity contribution in [1.29, 1.82) is 0 Å². The number of unbranched alkanes of at least 4 members (excludes halogenated alkanes) is 33. The van der Waals surface area contributed by atoms with Crippen LogP contribution in [0.1, 0.15) is 329 Å². The summed E-state index contributed by atoms with van der Waals surface area (Å²) in [6.45, 7) is 6.39. The fraction of sp³-hybridized carbons (Fsp3) is 0.720. The second kappa shape index (κ2) is 68.6. The Kier molecular flexibility index (Phi) is 65.2. The molecule has 0 aliphatic rings. The normalized spacial score (nSPS) is 12.8. The van der Waals surface area contributed by atoms with Crippen LogP contribution in [0.25, 0.3) is 0 Å². The van der Waals surface area contributed by atoms with Crippen LogP contribution in [-0.4, -0.2) is 37.2 Å². The van der Waals surface area contributed by atoms with Crippen LogP contribution < -0.4 is 0 Å². The van der Waals surface area contributed by atoms with Crippen molar-refractivity contribution in [3.63, 3.8) is 0 Å². The van der Waals surface area contributed by atoms with Crippen molar-refractivity contribution in [3.05, 3.63) is 109 Å². The van der Waals surface area contributed by atoms with Gasteiger partial charge in [-0.25, -0.2) is 0 Å². The van der Waals surface area contributed by atoms with E-state index in [0.29, 0.717) is 19.3 Å². The van der Waals surface area contributed by atoms with E-state index in [2.05, 4.69) is 130 Å². The maximum atomic E-state index is 12.9. The molecule has 0 saturated carbocycles. The number of allylic oxidation sites excluding steroid dienone is 18. The highest BCUT2D eigenvalue weighted by Crippen LogP contribution is 2.17. The van der Waals surface area contributed by atoms with Crippen molar-refractivity contribution in [2.24, 2.45) is 0 Å². The van der Waals surface area contributed by atoms with Crippen LogP contribution in [0.4, 0.5) is 0 Å². The summed E-state index contributed by atoms with van der Waals surface area (Å²) in [6, 6.07) is 0. The summed E-state index contributed by atoms with van der Waals surface area (Å²) in [4.78, 5) is 38.2. The predicted molar refractivity (Wildman–Crippen MR) is 353 cm³/mol. The van der Waals surface area contributed by atoms with Crippen LogP contribution in [0.15, 0.2) is 109 Å². The number of carbonyl (C=O) groups excluding carboxylic acids is 3. The highest BCUT2D eigenvalue weighted by atomic mass is 16.6. The Morgan fingerprint density at radius 2 is 0.481 bits per heavy atom. The molecule has 464 valence electrons. The third kappa shape index (κ3) is 66.8. The van der Waals surface area contributed by atoms with E-state index < -0.39 is 6.10 Å². The lowest BCUT2D eigenvalue weighted by atomic mass is 10.0. The van der Waals surface area contributed by atoms with Gasteiger partial charge in [0.1, 0.15) is 13.2 Å². The first-order chi connectivity index (χ1) is 40.0. The van der Waals surface area contributed by atoms with E-state index in [-0.39, 0.29) is 31.1 Å². The first-order valence-corrected chi connectivity index (χ1v) is 34.4. The second-order valence-electron chi connectivity index (χ2n) is 22.7. The Labute approximate surface area is 501 Å². The third-order valence-electron chi connectivity index (χ3n) is 14.8. The Hall–Kier alpha value is -3.93. The van der Waals surface area contributed by atoms with E-state index >= 15 is 0 Å². The zero-order valence-electron chi connectivity index (χ0n) is 53.3. The number of ether oxygens (including phenoxy) is 3. The fourth-order valence-electron chi connectivity index (χ4n) is 9.70. The van der Waals surface area contributed by atoms with Crippen molar-refractivity contribution >= 4 is 17.9 Å². The van der Waals surface area contributed by atoms with Gasteiger partial charge >= 0.3 is 17.9 Å². The maximum Gasteiger partial charge on any atom is 0.306 e. The zero-order valence-corrected chi connectivity index (χ0v) is 53.3. The van der Waals surface area contributed by atoms with Gasteiger partial charge in [-0.1, -0.05) is 316 Å². The Bertz CT molecular complexity index is 1620. The monoisotopic (exact) mass is 1120 g/mol. The predicted octanol–water partition coefficient (Wildman–Crippen LogP) is 23.8. The molecule has 0 fully saturated rings. The van der Waals surface area contributed by atoms with E-state index in [1.165, 1.54) is 167 Å². The summed E-state index contributed by atoms with van der Waals surface area (Å²) in [5, 5.41) is 0. The number of rotatable bonds is 62. The number of hydrogen-bond acceptors (Lipinski definition) is 6. The van der Waals surface area contributed by atoms with Gasteiger partial charge < -0.3 is 14.2 Å². The molecule has 0 aliphatic heterocycles. The summed E-state index contributed by atoms with van der Waals surface area (Å²) in [7, 11) is 0. The standard InChI is InChI=1S/C75H128O6/c1-4-7-10-13-16-19-21-23-25-27-29-30-31-32-33-34-35-36-37-38-39-40-41-42-43-44-46-47-49-51-53-56-59-62-65-68-74(77)80-71-72(70-79-73(76)67-64-61-58-55-18-15-12-9-6-3)81-75(78)69-66-63-60-57-54-52-50-48-45-28-26-24-22-20-17-14-11-8-5-2/h7-8,10-11,16-17,19-20,23-26,29-30,45,48,52,54,72H,4-6,9,12-15,18,21-22,27-28,31-44,46-47,49-51,53,55-71H2,1-3H3/b10-7-,11-8-,19-16-,20-17-,25-23-,26-24-,30-29-,48-45-,54-52-. The largest absolute Gasteiger partial charge is 0.462 e. The van der Waals surface area contributed by atoms with Gasteiger partial charge in [0.25, 0.3) is 0 Å². The molecule has 6 nitrogen and oxygen atoms in total. The SMILES string of the molecule is CC/C=C\C/C=C\C/C=C\C/C=C\C/C=C\CCCCCC(=O)OC(COC(=O)CCCCCCCCCCC)COC(=O)CCCCCCCCCCCCCCCCCCCCCCCC/C=C\C/C=C\C/C=C\C/C=C\CC. The van der Waals surface area contributed by atoms with Gasteiger partial charge in [0, 0.05) is 19.3 Å². The molecule has 0 saturated heterocycles. The summed E-state index contributed by atoms with van der Waals surface area (Å²) in [6.07, 6.45) is 94.3. The van der Waals surface area contributed by atoms with E-state index in [1.807, 2.05) is 0 Å². The molecule has 0 rings (SSSR count). The van der Waals surface area contributed by atoms with E-state index in [0.717, 1.165) is 122 Å². The van der Waals surface area contributed by atoms with Crippen LogP contribution in [0, 0.1) is 0 Å². The molecule has 0 aliphatic carbocycles. The van der Waals surface area contributed by atoms with Crippen molar-refractivity contribution < 1.29 is 28.6 Å². The lowest BCUT2D eigenvalue weighted by Gasteiger charge is -2.18. The van der Waals surface area contributed by atoms with E-state index in [9.17, 15) is 14.4 Å². The molecule has 0 amide bonds. The maximum absolute atomic E-state index is 12.9. The van der Waals surface area contributed by atoms with Crippen molar-refractivity contribution in [1.82, 2.24) is 0 Å². The molecule has 0 spiro atoms. The van der Waals surface area contributed by atoms with Crippen LogP contribution in [0.5, 0.6) is 0 Å². The second-order valence-corrected chi connectivity index (χ2v) is 22.7. The minimum Gasteiger partial charge on any atom is -0.462 e. The van der Waals surface area contributed by atoms with Gasteiger partial charge in [0.2, 0.25) is 0 Å². The molecule has 0 N–H and O–H groups in total. The molecule has 1 atom stereocenters. The zero-order chi connectivity index (χ0) is 58.5. The number of carbonyl (C=O) groups is 3. The average Bonchev–Trinajstić information content (AvgIpc) is 3.47.